The van der Waals surface area contributed by atoms with Crippen molar-refractivity contribution in [2.45, 2.75) is 6.92 Å². The summed E-state index contributed by atoms with van der Waals surface area (Å²) < 4.78 is 0. The summed E-state index contributed by atoms with van der Waals surface area (Å²) in [5.74, 6) is 0. The molecule has 0 atom stereocenters. The van der Waals surface area contributed by atoms with Crippen molar-refractivity contribution in [1.82, 2.24) is 10.3 Å². The molecule has 0 aliphatic heterocycles. The maximum absolute atomic E-state index is 4.19. The Morgan fingerprint density at radius 1 is 1.55 bits per heavy atom. The van der Waals surface area contributed by atoms with Crippen molar-refractivity contribution in [1.29, 1.82) is 0 Å². The molecule has 0 spiro atoms. The molecule has 0 amide bonds. The predicted octanol–water partition coefficient (Wildman–Crippen LogP) is -0.161. The Morgan fingerprint density at radius 2 is 2.36 bits per heavy atom. The number of nitrogens with zero attached hydrogens (tertiary/aromatic N) is 1. The van der Waals surface area contributed by atoms with E-state index in [1.54, 1.807) is 6.20 Å². The van der Waals surface area contributed by atoms with Crippen molar-refractivity contribution < 1.29 is 0 Å². The van der Waals surface area contributed by atoms with Gasteiger partial charge in [0.15, 0.2) is 0 Å². The third-order valence-corrected chi connectivity index (χ3v) is 1.46. The molecule has 0 aliphatic rings. The lowest BCUT2D eigenvalue weighted by Crippen LogP contribution is -2.29. The van der Waals surface area contributed by atoms with E-state index in [1.165, 1.54) is 0 Å². The smallest absolute Gasteiger partial charge is 0.0854 e. The Hall–Kier alpha value is -1.31. The van der Waals surface area contributed by atoms with Crippen molar-refractivity contribution in [3.05, 3.63) is 28.9 Å². The summed E-state index contributed by atoms with van der Waals surface area (Å²) in [6.45, 7) is 2.00. The van der Waals surface area contributed by atoms with E-state index in [1.807, 2.05) is 38.4 Å². The van der Waals surface area contributed by atoms with Gasteiger partial charge in [-0.1, -0.05) is 12.1 Å². The summed E-state index contributed by atoms with van der Waals surface area (Å²) in [4.78, 5) is 4.19. The van der Waals surface area contributed by atoms with Crippen LogP contribution in [0.2, 0.25) is 0 Å². The molecule has 11 heavy (non-hydrogen) atoms. The summed E-state index contributed by atoms with van der Waals surface area (Å²) in [6.07, 6.45) is 5.71. The molecule has 1 heterocycles. The summed E-state index contributed by atoms with van der Waals surface area (Å²) in [6, 6.07) is 3.97. The molecular formula is C9H12N2. The minimum absolute atomic E-state index is 0.984. The number of hydrogen-bond acceptors (Lipinski definition) is 2. The largest absolute Gasteiger partial charge is 0.392 e. The van der Waals surface area contributed by atoms with E-state index < -0.39 is 0 Å². The Bertz CT molecular complexity index is 328. The van der Waals surface area contributed by atoms with Gasteiger partial charge in [0.05, 0.1) is 5.35 Å². The fraction of sp³-hybridized carbons (Fsp3) is 0.222. The minimum Gasteiger partial charge on any atom is -0.392 e. The number of rotatable bonds is 1. The average molecular weight is 148 g/mol. The van der Waals surface area contributed by atoms with E-state index in [0.29, 0.717) is 0 Å². The lowest BCUT2D eigenvalue weighted by Gasteiger charge is -1.88. The van der Waals surface area contributed by atoms with Crippen LogP contribution in [0.1, 0.15) is 6.92 Å². The molecular weight excluding hydrogens is 136 g/mol. The van der Waals surface area contributed by atoms with Gasteiger partial charge >= 0.3 is 0 Å². The topological polar surface area (TPSA) is 24.9 Å². The first-order chi connectivity index (χ1) is 5.38. The van der Waals surface area contributed by atoms with Crippen molar-refractivity contribution >= 4 is 12.3 Å². The molecule has 1 aromatic rings. The Morgan fingerprint density at radius 3 is 3.00 bits per heavy atom. The SMILES string of the molecule is C/C=c1/cccn/c1=C/NC. The predicted molar refractivity (Wildman–Crippen MR) is 47.2 cm³/mol. The molecule has 0 radical (unpaired) electrons. The van der Waals surface area contributed by atoms with Gasteiger partial charge in [0, 0.05) is 19.4 Å². The molecule has 0 aromatic carbocycles. The highest BCUT2D eigenvalue weighted by atomic mass is 14.8. The van der Waals surface area contributed by atoms with Gasteiger partial charge in [-0.3, -0.25) is 4.98 Å². The number of aromatic nitrogens is 1. The van der Waals surface area contributed by atoms with E-state index >= 15 is 0 Å². The highest BCUT2D eigenvalue weighted by molar-refractivity contribution is 5.24. The molecule has 58 valence electrons. The molecule has 2 nitrogen and oxygen atoms in total. The zero-order chi connectivity index (χ0) is 8.10. The maximum Gasteiger partial charge on any atom is 0.0854 e. The minimum atomic E-state index is 0.984. The third-order valence-electron chi connectivity index (χ3n) is 1.46. The van der Waals surface area contributed by atoms with E-state index in [0.717, 1.165) is 10.6 Å². The molecule has 0 saturated heterocycles. The number of pyridine rings is 1. The van der Waals surface area contributed by atoms with Gasteiger partial charge in [0.2, 0.25) is 0 Å². The van der Waals surface area contributed by atoms with Gasteiger partial charge in [-0.2, -0.15) is 0 Å². The molecule has 0 bridgehead atoms. The van der Waals surface area contributed by atoms with Gasteiger partial charge in [-0.25, -0.2) is 0 Å². The monoisotopic (exact) mass is 148 g/mol. The van der Waals surface area contributed by atoms with Crippen LogP contribution in [0.15, 0.2) is 18.3 Å². The lowest BCUT2D eigenvalue weighted by atomic mass is 10.3. The van der Waals surface area contributed by atoms with Crippen molar-refractivity contribution in [2.24, 2.45) is 0 Å². The molecule has 2 heteroatoms. The average Bonchev–Trinajstić information content (AvgIpc) is 2.06. The van der Waals surface area contributed by atoms with Gasteiger partial charge < -0.3 is 5.32 Å². The first-order valence-electron chi connectivity index (χ1n) is 3.63. The fourth-order valence-electron chi connectivity index (χ4n) is 0.931. The zero-order valence-corrected chi connectivity index (χ0v) is 6.83. The summed E-state index contributed by atoms with van der Waals surface area (Å²) in [5, 5.41) is 5.09. The first kappa shape index (κ1) is 7.79. The molecule has 1 aromatic heterocycles. The van der Waals surface area contributed by atoms with Crippen LogP contribution in [0.3, 0.4) is 0 Å². The zero-order valence-electron chi connectivity index (χ0n) is 6.83. The van der Waals surface area contributed by atoms with Gasteiger partial charge in [-0.05, 0) is 18.2 Å². The summed E-state index contributed by atoms with van der Waals surface area (Å²) >= 11 is 0. The second kappa shape index (κ2) is 3.76. The molecule has 1 N–H and O–H groups in total. The highest BCUT2D eigenvalue weighted by Gasteiger charge is 1.80. The second-order valence-corrected chi connectivity index (χ2v) is 2.20. The summed E-state index contributed by atoms with van der Waals surface area (Å²) in [7, 11) is 1.87. The lowest BCUT2D eigenvalue weighted by molar-refractivity contribution is 1.12. The van der Waals surface area contributed by atoms with E-state index in [4.69, 9.17) is 0 Å². The Balaban J connectivity index is 3.37. The highest BCUT2D eigenvalue weighted by Crippen LogP contribution is 1.65. The Kier molecular flexibility index (Phi) is 2.66. The van der Waals surface area contributed by atoms with Gasteiger partial charge in [0.25, 0.3) is 0 Å². The molecule has 0 unspecified atom stereocenters. The normalized spacial score (nSPS) is 13.6. The van der Waals surface area contributed by atoms with Crippen LogP contribution in [-0.4, -0.2) is 12.0 Å². The van der Waals surface area contributed by atoms with E-state index in [9.17, 15) is 0 Å². The molecule has 0 fully saturated rings. The van der Waals surface area contributed by atoms with E-state index in [-0.39, 0.29) is 0 Å². The van der Waals surface area contributed by atoms with E-state index in [2.05, 4.69) is 10.3 Å². The summed E-state index contributed by atoms with van der Waals surface area (Å²) in [5.41, 5.74) is 0. The van der Waals surface area contributed by atoms with Crippen LogP contribution in [-0.2, 0) is 0 Å². The first-order valence-corrected chi connectivity index (χ1v) is 3.63. The van der Waals surface area contributed by atoms with Crippen LogP contribution < -0.4 is 15.9 Å². The second-order valence-electron chi connectivity index (χ2n) is 2.20. The van der Waals surface area contributed by atoms with Crippen LogP contribution in [0, 0.1) is 0 Å². The van der Waals surface area contributed by atoms with Crippen molar-refractivity contribution in [3.8, 4) is 0 Å². The maximum atomic E-state index is 4.19. The quantitative estimate of drug-likeness (QED) is 0.598. The number of nitrogens with one attached hydrogen (secondary N) is 1. The van der Waals surface area contributed by atoms with Gasteiger partial charge in [-0.15, -0.1) is 0 Å². The molecule has 1 rings (SSSR count). The van der Waals surface area contributed by atoms with Crippen LogP contribution >= 0.6 is 0 Å². The van der Waals surface area contributed by atoms with Crippen LogP contribution in [0.4, 0.5) is 0 Å². The van der Waals surface area contributed by atoms with Crippen molar-refractivity contribution in [2.75, 3.05) is 7.05 Å². The molecule has 0 aliphatic carbocycles. The molecule has 0 saturated carbocycles. The third kappa shape index (κ3) is 1.80. The van der Waals surface area contributed by atoms with Crippen LogP contribution in [0.5, 0.6) is 0 Å². The number of hydrogen-bond donors (Lipinski definition) is 1. The standard InChI is InChI=1S/C9H12N2/c1-3-8-5-4-6-11-9(8)7-10-2/h3-7,10H,1-2H3/b8-3-,9-7+. The van der Waals surface area contributed by atoms with Gasteiger partial charge in [0.1, 0.15) is 0 Å². The van der Waals surface area contributed by atoms with Crippen LogP contribution in [0.25, 0.3) is 12.3 Å². The fourth-order valence-corrected chi connectivity index (χ4v) is 0.931. The Labute approximate surface area is 66.3 Å². The van der Waals surface area contributed by atoms with Crippen molar-refractivity contribution in [3.63, 3.8) is 0 Å².